The Labute approximate surface area is 156 Å². The molecular weight excluding hydrogens is 350 g/mol. The van der Waals surface area contributed by atoms with Crippen LogP contribution in [0.1, 0.15) is 33.6 Å². The molecule has 0 spiro atoms. The molecule has 0 aliphatic carbocycles. The van der Waals surface area contributed by atoms with Gasteiger partial charge in [-0.3, -0.25) is 24.3 Å². The molecule has 1 aromatic carbocycles. The Balaban J connectivity index is 1.92. The van der Waals surface area contributed by atoms with Crippen molar-refractivity contribution in [1.29, 1.82) is 0 Å². The molecule has 0 unspecified atom stereocenters. The molecule has 2 rings (SSSR count). The number of carbonyl (C=O) groups is 2. The summed E-state index contributed by atoms with van der Waals surface area (Å²) in [5, 5.41) is 5.57. The number of nitrogens with one attached hydrogen (secondary N) is 2. The number of aromatic nitrogens is 2. The van der Waals surface area contributed by atoms with Crippen LogP contribution < -0.4 is 16.4 Å². The Morgan fingerprint density at radius 3 is 2.44 bits per heavy atom. The number of carbonyl (C=O) groups excluding carboxylic acids is 2. The summed E-state index contributed by atoms with van der Waals surface area (Å²) in [7, 11) is 0. The molecule has 8 heteroatoms. The monoisotopic (exact) mass is 375 g/mol. The van der Waals surface area contributed by atoms with Gasteiger partial charge in [-0.2, -0.15) is 0 Å². The normalized spacial score (nSPS) is 12.1. The lowest BCUT2D eigenvalue weighted by atomic mass is 10.0. The summed E-state index contributed by atoms with van der Waals surface area (Å²) in [5.41, 5.74) is -0.983. The van der Waals surface area contributed by atoms with Gasteiger partial charge in [0.05, 0.1) is 10.8 Å². The second-order valence-corrected chi connectivity index (χ2v) is 6.98. The first-order chi connectivity index (χ1) is 12.8. The van der Waals surface area contributed by atoms with Gasteiger partial charge < -0.3 is 10.1 Å². The SMILES string of the molecule is CC(C)CC[C@H](C)NC(=O)COC(=O)Cn1[nH]c(=O)c2ccccc2c1=O. The van der Waals surface area contributed by atoms with E-state index in [1.54, 1.807) is 12.1 Å². The number of fused-ring (bicyclic) bond motifs is 1. The molecule has 8 nitrogen and oxygen atoms in total. The first-order valence-electron chi connectivity index (χ1n) is 8.94. The fraction of sp³-hybridized carbons (Fsp3) is 0.474. The third-order valence-electron chi connectivity index (χ3n) is 4.12. The maximum atomic E-state index is 12.3. The lowest BCUT2D eigenvalue weighted by Gasteiger charge is -2.15. The molecule has 0 saturated heterocycles. The number of ether oxygens (including phenoxy) is 1. The average Bonchev–Trinajstić information content (AvgIpc) is 2.62. The van der Waals surface area contributed by atoms with E-state index in [0.29, 0.717) is 5.92 Å². The molecule has 0 saturated carbocycles. The van der Waals surface area contributed by atoms with Crippen molar-refractivity contribution < 1.29 is 14.3 Å². The Morgan fingerprint density at radius 1 is 1.11 bits per heavy atom. The molecule has 2 N–H and O–H groups in total. The van der Waals surface area contributed by atoms with Crippen molar-refractivity contribution in [2.75, 3.05) is 6.61 Å². The van der Waals surface area contributed by atoms with Crippen LogP contribution in [0, 0.1) is 5.92 Å². The summed E-state index contributed by atoms with van der Waals surface area (Å²) < 4.78 is 5.79. The summed E-state index contributed by atoms with van der Waals surface area (Å²) in [4.78, 5) is 48.1. The number of rotatable bonds is 8. The van der Waals surface area contributed by atoms with Crippen LogP contribution in [0.4, 0.5) is 0 Å². The number of aromatic amines is 1. The Bertz CT molecular complexity index is 929. The van der Waals surface area contributed by atoms with Gasteiger partial charge in [-0.05, 0) is 37.8 Å². The third-order valence-corrected chi connectivity index (χ3v) is 4.12. The van der Waals surface area contributed by atoms with E-state index in [4.69, 9.17) is 4.74 Å². The predicted octanol–water partition coefficient (Wildman–Crippen LogP) is 1.17. The van der Waals surface area contributed by atoms with E-state index in [2.05, 4.69) is 24.3 Å². The van der Waals surface area contributed by atoms with Crippen molar-refractivity contribution in [2.24, 2.45) is 5.92 Å². The maximum absolute atomic E-state index is 12.3. The zero-order valence-corrected chi connectivity index (χ0v) is 15.8. The molecule has 1 aromatic heterocycles. The highest BCUT2D eigenvalue weighted by Crippen LogP contribution is 2.06. The van der Waals surface area contributed by atoms with Crippen LogP contribution in [-0.4, -0.2) is 34.3 Å². The number of nitrogens with zero attached hydrogens (tertiary/aromatic N) is 1. The quantitative estimate of drug-likeness (QED) is 0.673. The predicted molar refractivity (Wildman–Crippen MR) is 101 cm³/mol. The van der Waals surface area contributed by atoms with Gasteiger partial charge in [-0.15, -0.1) is 0 Å². The standard InChI is InChI=1S/C19H25N3O5/c1-12(2)8-9-13(3)20-16(23)11-27-17(24)10-22-19(26)15-7-5-4-6-14(15)18(25)21-22/h4-7,12-13H,8-11H2,1-3H3,(H,20,23)(H,21,25)/t13-/m0/s1. The smallest absolute Gasteiger partial charge is 0.328 e. The van der Waals surface area contributed by atoms with E-state index in [0.717, 1.165) is 17.5 Å². The number of esters is 1. The van der Waals surface area contributed by atoms with Gasteiger partial charge in [0, 0.05) is 6.04 Å². The minimum atomic E-state index is -0.784. The Hall–Kier alpha value is -2.90. The highest BCUT2D eigenvalue weighted by molar-refractivity contribution is 5.81. The summed E-state index contributed by atoms with van der Waals surface area (Å²) in [6, 6.07) is 6.31. The summed E-state index contributed by atoms with van der Waals surface area (Å²) in [6.07, 6.45) is 1.82. The number of hydrogen-bond donors (Lipinski definition) is 2. The van der Waals surface area contributed by atoms with E-state index in [1.165, 1.54) is 12.1 Å². The molecule has 1 atom stereocenters. The van der Waals surface area contributed by atoms with E-state index in [9.17, 15) is 19.2 Å². The Morgan fingerprint density at radius 2 is 1.78 bits per heavy atom. The van der Waals surface area contributed by atoms with Gasteiger partial charge in [0.25, 0.3) is 17.0 Å². The van der Waals surface area contributed by atoms with Crippen LogP contribution in [0.5, 0.6) is 0 Å². The first-order valence-corrected chi connectivity index (χ1v) is 8.94. The van der Waals surface area contributed by atoms with Crippen molar-refractivity contribution in [3.63, 3.8) is 0 Å². The van der Waals surface area contributed by atoms with Gasteiger partial charge in [0.1, 0.15) is 6.54 Å². The number of hydrogen-bond acceptors (Lipinski definition) is 5. The van der Waals surface area contributed by atoms with E-state index < -0.39 is 36.1 Å². The second-order valence-electron chi connectivity index (χ2n) is 6.98. The van der Waals surface area contributed by atoms with Crippen LogP contribution in [0.2, 0.25) is 0 Å². The molecule has 1 heterocycles. The van der Waals surface area contributed by atoms with Crippen molar-refractivity contribution in [1.82, 2.24) is 15.1 Å². The first kappa shape index (κ1) is 20.4. The van der Waals surface area contributed by atoms with Crippen molar-refractivity contribution in [3.8, 4) is 0 Å². The molecule has 0 radical (unpaired) electrons. The lowest BCUT2D eigenvalue weighted by molar-refractivity contribution is -0.149. The van der Waals surface area contributed by atoms with Crippen molar-refractivity contribution in [3.05, 3.63) is 45.0 Å². The fourth-order valence-electron chi connectivity index (χ4n) is 2.65. The van der Waals surface area contributed by atoms with Crippen molar-refractivity contribution >= 4 is 22.6 Å². The van der Waals surface area contributed by atoms with Gasteiger partial charge in [0.2, 0.25) is 0 Å². The van der Waals surface area contributed by atoms with Gasteiger partial charge in [-0.1, -0.05) is 26.0 Å². The van der Waals surface area contributed by atoms with E-state index in [1.807, 2.05) is 6.92 Å². The number of amides is 1. The van der Waals surface area contributed by atoms with E-state index >= 15 is 0 Å². The highest BCUT2D eigenvalue weighted by atomic mass is 16.5. The minimum Gasteiger partial charge on any atom is -0.454 e. The molecule has 1 amide bonds. The third kappa shape index (κ3) is 5.80. The molecule has 27 heavy (non-hydrogen) atoms. The average molecular weight is 375 g/mol. The summed E-state index contributed by atoms with van der Waals surface area (Å²) in [6.45, 7) is 5.19. The zero-order valence-electron chi connectivity index (χ0n) is 15.8. The minimum absolute atomic E-state index is 0.0157. The zero-order chi connectivity index (χ0) is 20.0. The maximum Gasteiger partial charge on any atom is 0.328 e. The molecular formula is C19H25N3O5. The van der Waals surface area contributed by atoms with Crippen LogP contribution >= 0.6 is 0 Å². The second kappa shape index (κ2) is 9.16. The molecule has 0 aliphatic heterocycles. The lowest BCUT2D eigenvalue weighted by Crippen LogP contribution is -2.37. The molecule has 0 bridgehead atoms. The van der Waals surface area contributed by atoms with Gasteiger partial charge in [-0.25, -0.2) is 4.68 Å². The number of benzene rings is 1. The van der Waals surface area contributed by atoms with Crippen molar-refractivity contribution in [2.45, 2.75) is 46.2 Å². The fourth-order valence-corrected chi connectivity index (χ4v) is 2.65. The van der Waals surface area contributed by atoms with Crippen LogP contribution in [0.3, 0.4) is 0 Å². The van der Waals surface area contributed by atoms with Gasteiger partial charge >= 0.3 is 5.97 Å². The molecule has 2 aromatic rings. The van der Waals surface area contributed by atoms with Crippen LogP contribution in [-0.2, 0) is 20.9 Å². The summed E-state index contributed by atoms with van der Waals surface area (Å²) in [5.74, 6) is -0.642. The largest absolute Gasteiger partial charge is 0.454 e. The topological polar surface area (TPSA) is 110 Å². The molecule has 0 aliphatic rings. The Kier molecular flexibility index (Phi) is 6.92. The van der Waals surface area contributed by atoms with Gasteiger partial charge in [0.15, 0.2) is 6.61 Å². The molecule has 146 valence electrons. The van der Waals surface area contributed by atoms with E-state index in [-0.39, 0.29) is 16.8 Å². The highest BCUT2D eigenvalue weighted by Gasteiger charge is 2.14. The summed E-state index contributed by atoms with van der Waals surface area (Å²) >= 11 is 0. The van der Waals surface area contributed by atoms with Crippen LogP contribution in [0.15, 0.2) is 33.9 Å². The number of H-pyrrole nitrogens is 1. The van der Waals surface area contributed by atoms with Crippen LogP contribution in [0.25, 0.3) is 10.8 Å². The molecule has 0 fully saturated rings.